The second-order valence-electron chi connectivity index (χ2n) is 7.29. The number of benzene rings is 1. The smallest absolute Gasteiger partial charge is 0.234 e. The molecule has 0 radical (unpaired) electrons. The fourth-order valence-corrected chi connectivity index (χ4v) is 3.40. The minimum Gasteiger partial charge on any atom is -0.354 e. The van der Waals surface area contributed by atoms with Gasteiger partial charge >= 0.3 is 0 Å². The first kappa shape index (κ1) is 19.3. The molecule has 1 atom stereocenters. The summed E-state index contributed by atoms with van der Waals surface area (Å²) in [4.78, 5) is 21.4. The van der Waals surface area contributed by atoms with E-state index in [-0.39, 0.29) is 23.7 Å². The van der Waals surface area contributed by atoms with Gasteiger partial charge in [0.25, 0.3) is 0 Å². The van der Waals surface area contributed by atoms with E-state index in [1.165, 1.54) is 12.1 Å². The predicted molar refractivity (Wildman–Crippen MR) is 105 cm³/mol. The van der Waals surface area contributed by atoms with Crippen LogP contribution in [0.15, 0.2) is 48.7 Å². The van der Waals surface area contributed by atoms with E-state index in [0.717, 1.165) is 37.6 Å². The second kappa shape index (κ2) is 8.95. The van der Waals surface area contributed by atoms with Crippen LogP contribution in [-0.2, 0) is 4.79 Å². The lowest BCUT2D eigenvalue weighted by Crippen LogP contribution is -2.50. The Hall–Kier alpha value is -2.47. The number of rotatable bonds is 6. The molecule has 6 heteroatoms. The van der Waals surface area contributed by atoms with E-state index < -0.39 is 0 Å². The molecule has 1 aliphatic heterocycles. The van der Waals surface area contributed by atoms with Crippen LogP contribution in [0.1, 0.15) is 25.5 Å². The maximum Gasteiger partial charge on any atom is 0.234 e. The highest BCUT2D eigenvalue weighted by atomic mass is 19.1. The molecule has 1 unspecified atom stereocenters. The Morgan fingerprint density at radius 2 is 1.81 bits per heavy atom. The number of hydrogen-bond acceptors (Lipinski definition) is 4. The van der Waals surface area contributed by atoms with Gasteiger partial charge in [0.1, 0.15) is 11.6 Å². The Labute approximate surface area is 160 Å². The van der Waals surface area contributed by atoms with Gasteiger partial charge in [0.2, 0.25) is 5.91 Å². The standard InChI is InChI=1S/C21H27FN4O/c1-16(2)21(17-6-8-18(22)9-7-17)24-20(27)15-25-11-13-26(14-12-25)19-5-3-4-10-23-19/h3-10,16,21H,11-15H2,1-2H3,(H,24,27). The maximum absolute atomic E-state index is 13.2. The number of anilines is 1. The van der Waals surface area contributed by atoms with Gasteiger partial charge < -0.3 is 10.2 Å². The average molecular weight is 370 g/mol. The summed E-state index contributed by atoms with van der Waals surface area (Å²) in [6.07, 6.45) is 1.80. The minimum atomic E-state index is -0.265. The Morgan fingerprint density at radius 1 is 1.11 bits per heavy atom. The molecule has 5 nitrogen and oxygen atoms in total. The highest BCUT2D eigenvalue weighted by Crippen LogP contribution is 2.22. The highest BCUT2D eigenvalue weighted by molar-refractivity contribution is 5.78. The first-order chi connectivity index (χ1) is 13.0. The van der Waals surface area contributed by atoms with Gasteiger partial charge in [-0.05, 0) is 35.7 Å². The zero-order valence-corrected chi connectivity index (χ0v) is 15.9. The van der Waals surface area contributed by atoms with E-state index in [9.17, 15) is 9.18 Å². The SMILES string of the molecule is CC(C)C(NC(=O)CN1CCN(c2ccccn2)CC1)c1ccc(F)cc1. The molecular formula is C21H27FN4O. The summed E-state index contributed by atoms with van der Waals surface area (Å²) in [5.41, 5.74) is 0.930. The van der Waals surface area contributed by atoms with E-state index in [2.05, 4.69) is 33.9 Å². The molecule has 27 heavy (non-hydrogen) atoms. The monoisotopic (exact) mass is 370 g/mol. The third-order valence-electron chi connectivity index (χ3n) is 4.93. The van der Waals surface area contributed by atoms with Gasteiger partial charge in [0, 0.05) is 32.4 Å². The van der Waals surface area contributed by atoms with Crippen molar-refractivity contribution < 1.29 is 9.18 Å². The molecule has 1 fully saturated rings. The third kappa shape index (κ3) is 5.26. The van der Waals surface area contributed by atoms with Crippen LogP contribution in [0.3, 0.4) is 0 Å². The zero-order chi connectivity index (χ0) is 19.2. The van der Waals surface area contributed by atoms with E-state index in [1.54, 1.807) is 18.3 Å². The molecule has 0 aliphatic carbocycles. The van der Waals surface area contributed by atoms with Crippen molar-refractivity contribution in [2.75, 3.05) is 37.6 Å². The van der Waals surface area contributed by atoms with E-state index in [4.69, 9.17) is 0 Å². The van der Waals surface area contributed by atoms with Crippen LogP contribution in [0.4, 0.5) is 10.2 Å². The van der Waals surface area contributed by atoms with Crippen molar-refractivity contribution in [2.45, 2.75) is 19.9 Å². The summed E-state index contributed by atoms with van der Waals surface area (Å²) in [5, 5.41) is 3.11. The van der Waals surface area contributed by atoms with Crippen LogP contribution < -0.4 is 10.2 Å². The lowest BCUT2D eigenvalue weighted by Gasteiger charge is -2.35. The molecule has 2 aromatic rings. The van der Waals surface area contributed by atoms with Crippen molar-refractivity contribution in [1.29, 1.82) is 0 Å². The summed E-state index contributed by atoms with van der Waals surface area (Å²) in [7, 11) is 0. The Bertz CT molecular complexity index is 728. The van der Waals surface area contributed by atoms with E-state index in [1.807, 2.05) is 18.2 Å². The summed E-state index contributed by atoms with van der Waals surface area (Å²) in [5.74, 6) is 0.945. The van der Waals surface area contributed by atoms with Gasteiger partial charge in [0.15, 0.2) is 0 Å². The number of pyridine rings is 1. The fourth-order valence-electron chi connectivity index (χ4n) is 3.40. The van der Waals surface area contributed by atoms with Gasteiger partial charge in [-0.1, -0.05) is 32.0 Å². The van der Waals surface area contributed by atoms with Gasteiger partial charge in [-0.25, -0.2) is 9.37 Å². The number of nitrogens with zero attached hydrogens (tertiary/aromatic N) is 3. The highest BCUT2D eigenvalue weighted by Gasteiger charge is 2.22. The van der Waals surface area contributed by atoms with Crippen molar-refractivity contribution in [2.24, 2.45) is 5.92 Å². The van der Waals surface area contributed by atoms with E-state index >= 15 is 0 Å². The number of aromatic nitrogens is 1. The average Bonchev–Trinajstić information content (AvgIpc) is 2.68. The number of piperazine rings is 1. The first-order valence-corrected chi connectivity index (χ1v) is 9.46. The van der Waals surface area contributed by atoms with Crippen molar-refractivity contribution in [1.82, 2.24) is 15.2 Å². The molecule has 1 saturated heterocycles. The van der Waals surface area contributed by atoms with Gasteiger partial charge in [-0.3, -0.25) is 9.69 Å². The van der Waals surface area contributed by atoms with Crippen LogP contribution in [0.5, 0.6) is 0 Å². The zero-order valence-electron chi connectivity index (χ0n) is 15.9. The Morgan fingerprint density at radius 3 is 2.41 bits per heavy atom. The van der Waals surface area contributed by atoms with E-state index in [0.29, 0.717) is 6.54 Å². The van der Waals surface area contributed by atoms with Crippen molar-refractivity contribution >= 4 is 11.7 Å². The van der Waals surface area contributed by atoms with Crippen molar-refractivity contribution in [3.8, 4) is 0 Å². The topological polar surface area (TPSA) is 48.5 Å². The molecule has 2 heterocycles. The molecule has 0 bridgehead atoms. The first-order valence-electron chi connectivity index (χ1n) is 9.46. The molecule has 0 spiro atoms. The van der Waals surface area contributed by atoms with Crippen molar-refractivity contribution in [3.05, 3.63) is 60.0 Å². The lowest BCUT2D eigenvalue weighted by molar-refractivity contribution is -0.123. The van der Waals surface area contributed by atoms with Gasteiger partial charge in [-0.2, -0.15) is 0 Å². The van der Waals surface area contributed by atoms with Crippen LogP contribution >= 0.6 is 0 Å². The van der Waals surface area contributed by atoms with Gasteiger partial charge in [0.05, 0.1) is 12.6 Å². The van der Waals surface area contributed by atoms with Gasteiger partial charge in [-0.15, -0.1) is 0 Å². The molecular weight excluding hydrogens is 343 g/mol. The quantitative estimate of drug-likeness (QED) is 0.850. The minimum absolute atomic E-state index is 0.00399. The van der Waals surface area contributed by atoms with Crippen molar-refractivity contribution in [3.63, 3.8) is 0 Å². The largest absolute Gasteiger partial charge is 0.354 e. The summed E-state index contributed by atoms with van der Waals surface area (Å²) >= 11 is 0. The summed E-state index contributed by atoms with van der Waals surface area (Å²) in [6.45, 7) is 7.85. The molecule has 1 aromatic carbocycles. The number of carbonyl (C=O) groups is 1. The number of nitrogens with one attached hydrogen (secondary N) is 1. The third-order valence-corrected chi connectivity index (χ3v) is 4.93. The number of carbonyl (C=O) groups excluding carboxylic acids is 1. The molecule has 1 aliphatic rings. The van der Waals surface area contributed by atoms with Crippen LogP contribution in [0, 0.1) is 11.7 Å². The molecule has 0 saturated carbocycles. The molecule has 1 N–H and O–H groups in total. The number of halogens is 1. The summed E-state index contributed by atoms with van der Waals surface area (Å²) in [6, 6.07) is 12.2. The predicted octanol–water partition coefficient (Wildman–Crippen LogP) is 2.86. The molecule has 1 aromatic heterocycles. The molecule has 3 rings (SSSR count). The number of amides is 1. The van der Waals surface area contributed by atoms with Crippen LogP contribution in [0.25, 0.3) is 0 Å². The normalized spacial score (nSPS) is 16.4. The number of hydrogen-bond donors (Lipinski definition) is 1. The lowest BCUT2D eigenvalue weighted by atomic mass is 9.96. The maximum atomic E-state index is 13.2. The fraction of sp³-hybridized carbons (Fsp3) is 0.429. The molecule has 144 valence electrons. The summed E-state index contributed by atoms with van der Waals surface area (Å²) < 4.78 is 13.2. The molecule has 1 amide bonds. The second-order valence-corrected chi connectivity index (χ2v) is 7.29. The van der Waals surface area contributed by atoms with Crippen LogP contribution in [-0.4, -0.2) is 48.5 Å². The Balaban J connectivity index is 1.52. The Kier molecular flexibility index (Phi) is 6.40. The van der Waals surface area contributed by atoms with Crippen LogP contribution in [0.2, 0.25) is 0 Å².